The van der Waals surface area contributed by atoms with Crippen LogP contribution in [0.25, 0.3) is 10.9 Å². The van der Waals surface area contributed by atoms with E-state index in [-0.39, 0.29) is 12.3 Å². The number of carbonyl (C=O) groups is 2. The second kappa shape index (κ2) is 9.66. The Balaban J connectivity index is 1.37. The van der Waals surface area contributed by atoms with Gasteiger partial charge in [0, 0.05) is 42.5 Å². The van der Waals surface area contributed by atoms with Gasteiger partial charge in [0.25, 0.3) is 5.91 Å². The summed E-state index contributed by atoms with van der Waals surface area (Å²) in [4.78, 5) is 30.7. The summed E-state index contributed by atoms with van der Waals surface area (Å²) >= 11 is 6.17. The van der Waals surface area contributed by atoms with E-state index in [1.165, 1.54) is 0 Å². The van der Waals surface area contributed by atoms with Crippen molar-refractivity contribution in [1.82, 2.24) is 15.3 Å². The highest BCUT2D eigenvalue weighted by atomic mass is 35.5. The van der Waals surface area contributed by atoms with Crippen LogP contribution in [-0.2, 0) is 24.2 Å². The van der Waals surface area contributed by atoms with Crippen LogP contribution < -0.4 is 5.32 Å². The number of aryl methyl sites for hydroxylation is 1. The van der Waals surface area contributed by atoms with Gasteiger partial charge >= 0.3 is 5.97 Å². The predicted octanol–water partition coefficient (Wildman–Crippen LogP) is 4.75. The number of carbonyl (C=O) groups excluding carboxylic acids is 1. The van der Waals surface area contributed by atoms with Gasteiger partial charge in [-0.3, -0.25) is 14.6 Å². The predicted molar refractivity (Wildman–Crippen MR) is 124 cm³/mol. The fraction of sp³-hybridized carbons (Fsp3) is 0.160. The van der Waals surface area contributed by atoms with E-state index >= 15 is 0 Å². The minimum Gasteiger partial charge on any atom is -0.481 e. The molecule has 32 heavy (non-hydrogen) atoms. The Bertz CT molecular complexity index is 1270. The number of H-pyrrole nitrogens is 1. The number of amides is 1. The highest BCUT2D eigenvalue weighted by Gasteiger charge is 2.09. The van der Waals surface area contributed by atoms with Crippen LogP contribution in [0.1, 0.15) is 39.0 Å². The topological polar surface area (TPSA) is 95.1 Å². The first-order chi connectivity index (χ1) is 15.5. The highest BCUT2D eigenvalue weighted by Crippen LogP contribution is 2.24. The van der Waals surface area contributed by atoms with Crippen molar-refractivity contribution in [2.45, 2.75) is 25.8 Å². The lowest BCUT2D eigenvalue weighted by Gasteiger charge is -2.08. The van der Waals surface area contributed by atoms with Crippen molar-refractivity contribution in [3.8, 4) is 0 Å². The normalized spacial score (nSPS) is 10.9. The molecule has 2 aromatic heterocycles. The maximum absolute atomic E-state index is 12.6. The van der Waals surface area contributed by atoms with E-state index in [1.807, 2.05) is 48.5 Å². The first kappa shape index (κ1) is 21.6. The molecule has 0 unspecified atom stereocenters. The van der Waals surface area contributed by atoms with E-state index in [0.29, 0.717) is 30.0 Å². The summed E-state index contributed by atoms with van der Waals surface area (Å²) < 4.78 is 0. The van der Waals surface area contributed by atoms with E-state index in [2.05, 4.69) is 15.3 Å². The Labute approximate surface area is 190 Å². The van der Waals surface area contributed by atoms with Gasteiger partial charge < -0.3 is 15.4 Å². The van der Waals surface area contributed by atoms with E-state index in [1.54, 1.807) is 18.6 Å². The highest BCUT2D eigenvalue weighted by molar-refractivity contribution is 6.35. The molecule has 162 valence electrons. The van der Waals surface area contributed by atoms with Gasteiger partial charge in [0.2, 0.25) is 0 Å². The Morgan fingerprint density at radius 3 is 2.50 bits per heavy atom. The molecule has 2 heterocycles. The fourth-order valence-corrected chi connectivity index (χ4v) is 3.76. The maximum Gasteiger partial charge on any atom is 0.303 e. The Morgan fingerprint density at radius 1 is 0.969 bits per heavy atom. The molecule has 1 amide bonds. The summed E-state index contributed by atoms with van der Waals surface area (Å²) in [6, 6.07) is 15.5. The first-order valence-electron chi connectivity index (χ1n) is 10.3. The van der Waals surface area contributed by atoms with Crippen LogP contribution >= 0.6 is 11.6 Å². The first-order valence-corrected chi connectivity index (χ1v) is 10.6. The van der Waals surface area contributed by atoms with Gasteiger partial charge in [-0.05, 0) is 53.3 Å². The van der Waals surface area contributed by atoms with Crippen LogP contribution in [0.3, 0.4) is 0 Å². The van der Waals surface area contributed by atoms with E-state index in [9.17, 15) is 9.59 Å². The number of aromatic nitrogens is 2. The van der Waals surface area contributed by atoms with E-state index in [4.69, 9.17) is 16.7 Å². The Kier molecular flexibility index (Phi) is 6.52. The van der Waals surface area contributed by atoms with Gasteiger partial charge in [0.1, 0.15) is 0 Å². The van der Waals surface area contributed by atoms with Crippen molar-refractivity contribution in [3.63, 3.8) is 0 Å². The monoisotopic (exact) mass is 447 g/mol. The number of halogens is 1. The second-order valence-electron chi connectivity index (χ2n) is 7.67. The number of fused-ring (bicyclic) bond motifs is 1. The van der Waals surface area contributed by atoms with Gasteiger partial charge in [-0.1, -0.05) is 41.9 Å². The molecule has 7 heteroatoms. The molecule has 0 fully saturated rings. The minimum atomic E-state index is -0.802. The van der Waals surface area contributed by atoms with Crippen LogP contribution in [0.5, 0.6) is 0 Å². The zero-order chi connectivity index (χ0) is 22.5. The molecule has 0 saturated heterocycles. The fourth-order valence-electron chi connectivity index (χ4n) is 3.55. The Hall–Kier alpha value is -3.64. The second-order valence-corrected chi connectivity index (χ2v) is 8.08. The molecule has 0 radical (unpaired) electrons. The van der Waals surface area contributed by atoms with Crippen LogP contribution in [-0.4, -0.2) is 27.0 Å². The average Bonchev–Trinajstić information content (AvgIpc) is 3.17. The SMILES string of the molecule is O=C(O)CCc1ccc(Cc2cncc(C(=O)NCc3ccc4[nH]cc(Cl)c4c3)c2)cc1. The number of rotatable bonds is 8. The molecule has 3 N–H and O–H groups in total. The third kappa shape index (κ3) is 5.34. The third-order valence-electron chi connectivity index (χ3n) is 5.26. The molecule has 0 spiro atoms. The van der Waals surface area contributed by atoms with Gasteiger partial charge in [0.15, 0.2) is 0 Å². The van der Waals surface area contributed by atoms with E-state index in [0.717, 1.165) is 33.2 Å². The maximum atomic E-state index is 12.6. The lowest BCUT2D eigenvalue weighted by molar-refractivity contribution is -0.136. The molecule has 0 aliphatic heterocycles. The lowest BCUT2D eigenvalue weighted by atomic mass is 10.0. The number of aromatic amines is 1. The molecule has 2 aromatic carbocycles. The van der Waals surface area contributed by atoms with Crippen LogP contribution in [0.15, 0.2) is 67.1 Å². The van der Waals surface area contributed by atoms with Gasteiger partial charge in [-0.2, -0.15) is 0 Å². The summed E-state index contributed by atoms with van der Waals surface area (Å²) in [7, 11) is 0. The molecule has 0 saturated carbocycles. The minimum absolute atomic E-state index is 0.118. The van der Waals surface area contributed by atoms with Crippen molar-refractivity contribution < 1.29 is 14.7 Å². The van der Waals surface area contributed by atoms with Gasteiger partial charge in [0.05, 0.1) is 10.6 Å². The average molecular weight is 448 g/mol. The summed E-state index contributed by atoms with van der Waals surface area (Å²) in [5.74, 6) is -0.993. The molecule has 0 aliphatic rings. The van der Waals surface area contributed by atoms with Crippen molar-refractivity contribution in [1.29, 1.82) is 0 Å². The van der Waals surface area contributed by atoms with Gasteiger partial charge in [-0.25, -0.2) is 0 Å². The quantitative estimate of drug-likeness (QED) is 0.363. The van der Waals surface area contributed by atoms with Crippen LogP contribution in [0, 0.1) is 0 Å². The lowest BCUT2D eigenvalue weighted by Crippen LogP contribution is -2.23. The standard InChI is InChI=1S/C25H22ClN3O3/c26-22-15-28-23-7-5-18(11-21(22)23)13-29-25(32)20-10-19(12-27-14-20)9-17-3-1-16(2-4-17)6-8-24(30)31/h1-5,7,10-12,14-15,28H,6,8-9,13H2,(H,29,32)(H,30,31). The Morgan fingerprint density at radius 2 is 1.72 bits per heavy atom. The summed E-state index contributed by atoms with van der Waals surface area (Å²) in [6.07, 6.45) is 6.31. The van der Waals surface area contributed by atoms with Gasteiger partial charge in [-0.15, -0.1) is 0 Å². The molecule has 6 nitrogen and oxygen atoms in total. The van der Waals surface area contributed by atoms with Crippen molar-refractivity contribution >= 4 is 34.4 Å². The number of benzene rings is 2. The number of nitrogens with zero attached hydrogens (tertiary/aromatic N) is 1. The van der Waals surface area contributed by atoms with Crippen LogP contribution in [0.2, 0.25) is 5.02 Å². The molecule has 0 bridgehead atoms. The van der Waals surface area contributed by atoms with E-state index < -0.39 is 5.97 Å². The largest absolute Gasteiger partial charge is 0.481 e. The molecule has 4 rings (SSSR count). The summed E-state index contributed by atoms with van der Waals surface area (Å²) in [5, 5.41) is 13.3. The van der Waals surface area contributed by atoms with Crippen molar-refractivity contribution in [3.05, 3.63) is 100.0 Å². The van der Waals surface area contributed by atoms with Crippen molar-refractivity contribution in [2.24, 2.45) is 0 Å². The zero-order valence-electron chi connectivity index (χ0n) is 17.3. The molecule has 0 atom stereocenters. The summed E-state index contributed by atoms with van der Waals surface area (Å²) in [5.41, 5.74) is 5.40. The number of pyridine rings is 1. The number of carboxylic acid groups (broad SMARTS) is 1. The summed E-state index contributed by atoms with van der Waals surface area (Å²) in [6.45, 7) is 0.387. The zero-order valence-corrected chi connectivity index (χ0v) is 18.0. The number of aliphatic carboxylic acids is 1. The molecular formula is C25H22ClN3O3. The number of nitrogens with one attached hydrogen (secondary N) is 2. The van der Waals surface area contributed by atoms with Crippen LogP contribution in [0.4, 0.5) is 0 Å². The number of hydrogen-bond donors (Lipinski definition) is 3. The molecule has 4 aromatic rings. The third-order valence-corrected chi connectivity index (χ3v) is 5.58. The number of hydrogen-bond acceptors (Lipinski definition) is 3. The smallest absolute Gasteiger partial charge is 0.303 e. The van der Waals surface area contributed by atoms with Crippen molar-refractivity contribution in [2.75, 3.05) is 0 Å². The molecular weight excluding hydrogens is 426 g/mol. The molecule has 0 aliphatic carbocycles. The number of carboxylic acids is 1.